The maximum Gasteiger partial charge on any atom is 0.170 e. The van der Waals surface area contributed by atoms with Crippen LogP contribution in [-0.4, -0.2) is 37.1 Å². The normalized spacial score (nSPS) is 26.5. The van der Waals surface area contributed by atoms with Crippen LogP contribution in [0.25, 0.3) is 0 Å². The van der Waals surface area contributed by atoms with Crippen LogP contribution >= 0.6 is 12.6 Å². The first-order valence-corrected chi connectivity index (χ1v) is 5.85. The van der Waals surface area contributed by atoms with Crippen LogP contribution in [0.3, 0.4) is 0 Å². The fourth-order valence-corrected chi connectivity index (χ4v) is 2.17. The molecule has 5 heteroatoms. The van der Waals surface area contributed by atoms with Crippen molar-refractivity contribution in [3.8, 4) is 0 Å². The number of halogens is 1. The largest absolute Gasteiger partial charge is 0.392 e. The lowest BCUT2D eigenvalue weighted by atomic mass is 10.1. The first kappa shape index (κ1) is 13.2. The number of likely N-dealkylation sites (tertiary alicyclic amines) is 1. The fraction of sp³-hybridized carbons (Fsp3) is 0.636. The highest BCUT2D eigenvalue weighted by Crippen LogP contribution is 2.31. The van der Waals surface area contributed by atoms with E-state index in [-0.39, 0.29) is 6.54 Å². The van der Waals surface area contributed by atoms with E-state index in [0.29, 0.717) is 6.42 Å². The smallest absolute Gasteiger partial charge is 0.170 e. The molecule has 1 atom stereocenters. The summed E-state index contributed by atoms with van der Waals surface area (Å²) in [5.74, 6) is 0. The summed E-state index contributed by atoms with van der Waals surface area (Å²) < 4.78 is 13.8. The molecular formula is C11H20FN3S. The zero-order valence-electron chi connectivity index (χ0n) is 9.89. The summed E-state index contributed by atoms with van der Waals surface area (Å²) >= 11 is 4.02. The first-order valence-electron chi connectivity index (χ1n) is 5.41. The predicted molar refractivity (Wildman–Crippen MR) is 69.0 cm³/mol. The van der Waals surface area contributed by atoms with E-state index in [0.717, 1.165) is 24.4 Å². The number of alkyl halides is 1. The lowest BCUT2D eigenvalue weighted by Crippen LogP contribution is -2.42. The van der Waals surface area contributed by atoms with Gasteiger partial charge in [0.15, 0.2) is 5.00 Å². The van der Waals surface area contributed by atoms with Crippen molar-refractivity contribution in [3.05, 3.63) is 24.2 Å². The average Bonchev–Trinajstić information content (AvgIpc) is 2.23. The Labute approximate surface area is 102 Å². The summed E-state index contributed by atoms with van der Waals surface area (Å²) in [6.07, 6.45) is 3.12. The van der Waals surface area contributed by atoms with Crippen LogP contribution in [0.1, 0.15) is 12.8 Å². The topological polar surface area (TPSA) is 27.3 Å². The van der Waals surface area contributed by atoms with Crippen molar-refractivity contribution in [2.75, 3.05) is 27.2 Å². The number of thiol groups is 1. The predicted octanol–water partition coefficient (Wildman–Crippen LogP) is 1.47. The van der Waals surface area contributed by atoms with Crippen molar-refractivity contribution >= 4 is 12.6 Å². The number of nitrogens with zero attached hydrogens (tertiary/aromatic N) is 1. The van der Waals surface area contributed by atoms with E-state index in [1.54, 1.807) is 0 Å². The van der Waals surface area contributed by atoms with E-state index in [1.807, 2.05) is 25.2 Å². The molecule has 3 nitrogen and oxygen atoms in total. The molecule has 92 valence electrons. The second kappa shape index (κ2) is 5.48. The fourth-order valence-electron chi connectivity index (χ4n) is 1.84. The molecule has 1 unspecified atom stereocenters. The second-order valence-electron chi connectivity index (χ2n) is 3.99. The van der Waals surface area contributed by atoms with E-state index in [1.165, 1.54) is 0 Å². The number of rotatable bonds is 4. The standard InChI is InChI=1S/C11H20FN3S/c1-9(10(14-3)7-13-2)15-6-4-5-11(12,16)8-15/h7,13-14,16H,1,4-6,8H2,2-3H3/b10-7+. The van der Waals surface area contributed by atoms with E-state index in [9.17, 15) is 4.39 Å². The minimum Gasteiger partial charge on any atom is -0.392 e. The van der Waals surface area contributed by atoms with Crippen molar-refractivity contribution < 1.29 is 4.39 Å². The Morgan fingerprint density at radius 1 is 1.56 bits per heavy atom. The average molecular weight is 245 g/mol. The molecular weight excluding hydrogens is 225 g/mol. The van der Waals surface area contributed by atoms with Crippen LogP contribution in [0.2, 0.25) is 0 Å². The minimum absolute atomic E-state index is 0.289. The van der Waals surface area contributed by atoms with Gasteiger partial charge < -0.3 is 15.5 Å². The number of hydrogen-bond donors (Lipinski definition) is 3. The zero-order chi connectivity index (χ0) is 12.2. The monoisotopic (exact) mass is 245 g/mol. The molecule has 0 aromatic heterocycles. The molecule has 1 saturated heterocycles. The molecule has 16 heavy (non-hydrogen) atoms. The summed E-state index contributed by atoms with van der Waals surface area (Å²) in [5, 5.41) is 4.57. The van der Waals surface area contributed by atoms with Gasteiger partial charge in [-0.15, -0.1) is 12.6 Å². The molecule has 1 rings (SSSR count). The van der Waals surface area contributed by atoms with Crippen LogP contribution < -0.4 is 10.6 Å². The summed E-state index contributed by atoms with van der Waals surface area (Å²) in [7, 11) is 3.64. The van der Waals surface area contributed by atoms with Crippen LogP contribution in [0.5, 0.6) is 0 Å². The molecule has 1 heterocycles. The molecule has 1 fully saturated rings. The third-order valence-electron chi connectivity index (χ3n) is 2.67. The number of piperidine rings is 1. The maximum absolute atomic E-state index is 13.8. The Kier molecular flexibility index (Phi) is 4.53. The highest BCUT2D eigenvalue weighted by molar-refractivity contribution is 7.81. The van der Waals surface area contributed by atoms with Gasteiger partial charge >= 0.3 is 0 Å². The van der Waals surface area contributed by atoms with E-state index in [4.69, 9.17) is 0 Å². The van der Waals surface area contributed by atoms with Gasteiger partial charge in [0.25, 0.3) is 0 Å². The zero-order valence-corrected chi connectivity index (χ0v) is 10.8. The van der Waals surface area contributed by atoms with Crippen molar-refractivity contribution in [2.24, 2.45) is 0 Å². The molecule has 0 spiro atoms. The van der Waals surface area contributed by atoms with Gasteiger partial charge in [-0.3, -0.25) is 0 Å². The van der Waals surface area contributed by atoms with Gasteiger partial charge in [0.1, 0.15) is 0 Å². The van der Waals surface area contributed by atoms with Gasteiger partial charge in [-0.1, -0.05) is 6.58 Å². The van der Waals surface area contributed by atoms with Crippen molar-refractivity contribution in [2.45, 2.75) is 17.8 Å². The molecule has 0 saturated carbocycles. The summed E-state index contributed by atoms with van der Waals surface area (Å²) in [6.45, 7) is 5.10. The molecule has 0 radical (unpaired) electrons. The van der Waals surface area contributed by atoms with E-state index < -0.39 is 5.00 Å². The van der Waals surface area contributed by atoms with Gasteiger partial charge in [-0.05, 0) is 12.8 Å². The molecule has 0 aromatic carbocycles. The van der Waals surface area contributed by atoms with Crippen LogP contribution in [-0.2, 0) is 0 Å². The van der Waals surface area contributed by atoms with Crippen molar-refractivity contribution in [1.29, 1.82) is 0 Å². The molecule has 1 aliphatic heterocycles. The van der Waals surface area contributed by atoms with E-state index in [2.05, 4.69) is 29.8 Å². The molecule has 0 amide bonds. The highest BCUT2D eigenvalue weighted by Gasteiger charge is 2.32. The summed E-state index contributed by atoms with van der Waals surface area (Å²) in [6, 6.07) is 0. The Hall–Kier alpha value is -0.840. The van der Waals surface area contributed by atoms with E-state index >= 15 is 0 Å². The van der Waals surface area contributed by atoms with Gasteiger partial charge in [0, 0.05) is 26.8 Å². The lowest BCUT2D eigenvalue weighted by molar-refractivity contribution is 0.145. The highest BCUT2D eigenvalue weighted by atomic mass is 32.1. The Bertz CT molecular complexity index is 289. The molecule has 1 aliphatic rings. The minimum atomic E-state index is -1.40. The second-order valence-corrected chi connectivity index (χ2v) is 4.79. The van der Waals surface area contributed by atoms with Crippen molar-refractivity contribution in [3.63, 3.8) is 0 Å². The summed E-state index contributed by atoms with van der Waals surface area (Å²) in [5.41, 5.74) is 1.67. The third-order valence-corrected chi connectivity index (χ3v) is 3.04. The van der Waals surface area contributed by atoms with Crippen LogP contribution in [0, 0.1) is 0 Å². The lowest BCUT2D eigenvalue weighted by Gasteiger charge is -2.37. The first-order chi connectivity index (χ1) is 7.50. The van der Waals surface area contributed by atoms with Gasteiger partial charge in [-0.25, -0.2) is 4.39 Å². The number of nitrogens with one attached hydrogen (secondary N) is 2. The van der Waals surface area contributed by atoms with Crippen molar-refractivity contribution in [1.82, 2.24) is 15.5 Å². The van der Waals surface area contributed by atoms with Gasteiger partial charge in [0.05, 0.1) is 17.9 Å². The van der Waals surface area contributed by atoms with Crippen LogP contribution in [0.4, 0.5) is 4.39 Å². The van der Waals surface area contributed by atoms with Gasteiger partial charge in [-0.2, -0.15) is 0 Å². The molecule has 0 aromatic rings. The quantitative estimate of drug-likeness (QED) is 0.517. The summed E-state index contributed by atoms with van der Waals surface area (Å²) in [4.78, 5) is 1.93. The maximum atomic E-state index is 13.8. The van der Waals surface area contributed by atoms with Crippen LogP contribution in [0.15, 0.2) is 24.2 Å². The Morgan fingerprint density at radius 3 is 2.75 bits per heavy atom. The third kappa shape index (κ3) is 3.33. The SMILES string of the molecule is C=C(/C(=C\NC)NC)N1CCCC(F)(S)C1. The molecule has 0 bridgehead atoms. The Balaban J connectivity index is 2.70. The Morgan fingerprint density at radius 2 is 2.25 bits per heavy atom. The number of hydrogen-bond acceptors (Lipinski definition) is 4. The molecule has 0 aliphatic carbocycles. The number of likely N-dealkylation sites (N-methyl/N-ethyl adjacent to an activating group) is 1. The van der Waals surface area contributed by atoms with Gasteiger partial charge in [0.2, 0.25) is 0 Å². The molecule has 2 N–H and O–H groups in total.